The van der Waals surface area contributed by atoms with Crippen LogP contribution in [-0.2, 0) is 14.3 Å². The molecule has 1 aromatic rings. The molecule has 0 heterocycles. The van der Waals surface area contributed by atoms with Crippen molar-refractivity contribution < 1.29 is 14.3 Å². The van der Waals surface area contributed by atoms with Crippen LogP contribution in [0.3, 0.4) is 0 Å². The molecule has 20 heavy (non-hydrogen) atoms. The van der Waals surface area contributed by atoms with E-state index in [-0.39, 0.29) is 18.4 Å². The van der Waals surface area contributed by atoms with Gasteiger partial charge in [-0.15, -0.1) is 0 Å². The molecule has 0 radical (unpaired) electrons. The third kappa shape index (κ3) is 6.33. The SMILES string of the molecule is COC(=O)CN(C)CCCC(=O)Nc1cccc(C)c1. The molecule has 1 rings (SSSR count). The van der Waals surface area contributed by atoms with E-state index in [2.05, 4.69) is 10.1 Å². The van der Waals surface area contributed by atoms with Gasteiger partial charge in [0, 0.05) is 12.1 Å². The quantitative estimate of drug-likeness (QED) is 0.773. The summed E-state index contributed by atoms with van der Waals surface area (Å²) in [6.45, 7) is 2.91. The number of carbonyl (C=O) groups excluding carboxylic acids is 2. The lowest BCUT2D eigenvalue weighted by Crippen LogP contribution is -2.28. The van der Waals surface area contributed by atoms with E-state index in [1.54, 1.807) is 0 Å². The lowest BCUT2D eigenvalue weighted by Gasteiger charge is -2.14. The molecule has 0 bridgehead atoms. The van der Waals surface area contributed by atoms with Crippen molar-refractivity contribution in [3.8, 4) is 0 Å². The van der Waals surface area contributed by atoms with Crippen LogP contribution in [0.1, 0.15) is 18.4 Å². The molecule has 0 saturated carbocycles. The van der Waals surface area contributed by atoms with Crippen molar-refractivity contribution in [1.82, 2.24) is 4.90 Å². The Kier molecular flexibility index (Phi) is 6.73. The van der Waals surface area contributed by atoms with Crippen LogP contribution in [0.5, 0.6) is 0 Å². The van der Waals surface area contributed by atoms with Gasteiger partial charge >= 0.3 is 5.97 Å². The molecule has 0 aromatic heterocycles. The van der Waals surface area contributed by atoms with Crippen LogP contribution >= 0.6 is 0 Å². The number of anilines is 1. The summed E-state index contributed by atoms with van der Waals surface area (Å²) >= 11 is 0. The monoisotopic (exact) mass is 278 g/mol. The van der Waals surface area contributed by atoms with Gasteiger partial charge in [0.2, 0.25) is 5.91 Å². The van der Waals surface area contributed by atoms with E-state index in [0.717, 1.165) is 11.3 Å². The van der Waals surface area contributed by atoms with Crippen molar-refractivity contribution >= 4 is 17.6 Å². The zero-order chi connectivity index (χ0) is 15.0. The smallest absolute Gasteiger partial charge is 0.319 e. The first-order valence-corrected chi connectivity index (χ1v) is 6.63. The zero-order valence-electron chi connectivity index (χ0n) is 12.3. The molecule has 1 aromatic carbocycles. The van der Waals surface area contributed by atoms with E-state index in [1.165, 1.54) is 7.11 Å². The van der Waals surface area contributed by atoms with E-state index in [9.17, 15) is 9.59 Å². The number of nitrogens with zero attached hydrogens (tertiary/aromatic N) is 1. The van der Waals surface area contributed by atoms with Gasteiger partial charge in [-0.05, 0) is 44.6 Å². The number of ether oxygens (including phenoxy) is 1. The van der Waals surface area contributed by atoms with E-state index < -0.39 is 0 Å². The van der Waals surface area contributed by atoms with Crippen LogP contribution < -0.4 is 5.32 Å². The summed E-state index contributed by atoms with van der Waals surface area (Å²) in [5.74, 6) is -0.279. The van der Waals surface area contributed by atoms with Crippen LogP contribution in [0.2, 0.25) is 0 Å². The van der Waals surface area contributed by atoms with Crippen LogP contribution in [0.25, 0.3) is 0 Å². The molecular weight excluding hydrogens is 256 g/mol. The molecule has 0 atom stereocenters. The van der Waals surface area contributed by atoms with Crippen molar-refractivity contribution in [2.45, 2.75) is 19.8 Å². The Bertz CT molecular complexity index is 460. The zero-order valence-corrected chi connectivity index (χ0v) is 12.3. The maximum Gasteiger partial charge on any atom is 0.319 e. The second-order valence-corrected chi connectivity index (χ2v) is 4.84. The molecule has 1 N–H and O–H groups in total. The van der Waals surface area contributed by atoms with E-state index in [0.29, 0.717) is 19.4 Å². The van der Waals surface area contributed by atoms with Gasteiger partial charge in [-0.3, -0.25) is 14.5 Å². The van der Waals surface area contributed by atoms with Crippen LogP contribution in [-0.4, -0.2) is 44.0 Å². The van der Waals surface area contributed by atoms with E-state index in [4.69, 9.17) is 0 Å². The number of likely N-dealkylation sites (N-methyl/N-ethyl adjacent to an activating group) is 1. The van der Waals surface area contributed by atoms with Crippen LogP contribution in [0, 0.1) is 6.92 Å². The van der Waals surface area contributed by atoms with Gasteiger partial charge in [0.05, 0.1) is 13.7 Å². The Morgan fingerprint density at radius 2 is 2.10 bits per heavy atom. The number of hydrogen-bond donors (Lipinski definition) is 1. The minimum absolute atomic E-state index is 0.0120. The predicted octanol–water partition coefficient (Wildman–Crippen LogP) is 1.82. The van der Waals surface area contributed by atoms with Gasteiger partial charge in [0.25, 0.3) is 0 Å². The molecule has 0 aliphatic carbocycles. The van der Waals surface area contributed by atoms with Gasteiger partial charge in [-0.25, -0.2) is 0 Å². The summed E-state index contributed by atoms with van der Waals surface area (Å²) < 4.78 is 4.58. The summed E-state index contributed by atoms with van der Waals surface area (Å²) in [7, 11) is 3.20. The number of aryl methyl sites for hydroxylation is 1. The first-order valence-electron chi connectivity index (χ1n) is 6.63. The first kappa shape index (κ1) is 16.2. The van der Waals surface area contributed by atoms with Crippen molar-refractivity contribution in [1.29, 1.82) is 0 Å². The number of hydrogen-bond acceptors (Lipinski definition) is 4. The predicted molar refractivity (Wildman–Crippen MR) is 78.6 cm³/mol. The topological polar surface area (TPSA) is 58.6 Å². The third-order valence-corrected chi connectivity index (χ3v) is 2.87. The second kappa shape index (κ2) is 8.32. The number of amides is 1. The average Bonchev–Trinajstić information content (AvgIpc) is 2.38. The number of methoxy groups -OCH3 is 1. The molecular formula is C15H22N2O3. The Morgan fingerprint density at radius 1 is 1.35 bits per heavy atom. The highest BCUT2D eigenvalue weighted by atomic mass is 16.5. The highest BCUT2D eigenvalue weighted by Crippen LogP contribution is 2.10. The molecule has 1 amide bonds. The Hall–Kier alpha value is -1.88. The van der Waals surface area contributed by atoms with Gasteiger partial charge in [-0.1, -0.05) is 12.1 Å². The fraction of sp³-hybridized carbons (Fsp3) is 0.467. The highest BCUT2D eigenvalue weighted by molar-refractivity contribution is 5.90. The standard InChI is InChI=1S/C15H22N2O3/c1-12-6-4-7-13(10-12)16-14(18)8-5-9-17(2)11-15(19)20-3/h4,6-7,10H,5,8-9,11H2,1-3H3,(H,16,18). The molecule has 0 unspecified atom stereocenters. The first-order chi connectivity index (χ1) is 9.51. The number of esters is 1. The lowest BCUT2D eigenvalue weighted by atomic mass is 10.2. The van der Waals surface area contributed by atoms with Gasteiger partial charge in [0.1, 0.15) is 0 Å². The van der Waals surface area contributed by atoms with Crippen molar-refractivity contribution in [2.75, 3.05) is 32.6 Å². The molecule has 0 aliphatic rings. The summed E-state index contributed by atoms with van der Waals surface area (Å²) in [5.41, 5.74) is 1.93. The Morgan fingerprint density at radius 3 is 2.75 bits per heavy atom. The molecule has 0 saturated heterocycles. The summed E-state index contributed by atoms with van der Waals surface area (Å²) in [6, 6.07) is 7.70. The number of rotatable bonds is 7. The largest absolute Gasteiger partial charge is 0.468 e. The summed E-state index contributed by atoms with van der Waals surface area (Å²) in [4.78, 5) is 24.7. The van der Waals surface area contributed by atoms with Gasteiger partial charge in [-0.2, -0.15) is 0 Å². The minimum atomic E-state index is -0.267. The molecule has 0 aliphatic heterocycles. The maximum absolute atomic E-state index is 11.8. The molecule has 0 fully saturated rings. The van der Waals surface area contributed by atoms with Crippen molar-refractivity contribution in [3.05, 3.63) is 29.8 Å². The second-order valence-electron chi connectivity index (χ2n) is 4.84. The summed E-state index contributed by atoms with van der Waals surface area (Å²) in [5, 5.41) is 2.86. The molecule has 0 spiro atoms. The Labute approximate surface area is 119 Å². The fourth-order valence-corrected chi connectivity index (χ4v) is 1.82. The highest BCUT2D eigenvalue weighted by Gasteiger charge is 2.07. The Balaban J connectivity index is 2.25. The molecule has 5 nitrogen and oxygen atoms in total. The number of benzene rings is 1. The fourth-order valence-electron chi connectivity index (χ4n) is 1.82. The van der Waals surface area contributed by atoms with Gasteiger partial charge < -0.3 is 10.1 Å². The molecule has 110 valence electrons. The number of carbonyl (C=O) groups is 2. The average molecular weight is 278 g/mol. The minimum Gasteiger partial charge on any atom is -0.468 e. The molecule has 5 heteroatoms. The normalized spacial score (nSPS) is 10.4. The van der Waals surface area contributed by atoms with Crippen LogP contribution in [0.4, 0.5) is 5.69 Å². The van der Waals surface area contributed by atoms with E-state index >= 15 is 0 Å². The van der Waals surface area contributed by atoms with Crippen LogP contribution in [0.15, 0.2) is 24.3 Å². The van der Waals surface area contributed by atoms with Gasteiger partial charge in [0.15, 0.2) is 0 Å². The third-order valence-electron chi connectivity index (χ3n) is 2.87. The maximum atomic E-state index is 11.8. The summed E-state index contributed by atoms with van der Waals surface area (Å²) in [6.07, 6.45) is 1.13. The van der Waals surface area contributed by atoms with Crippen molar-refractivity contribution in [2.24, 2.45) is 0 Å². The van der Waals surface area contributed by atoms with Crippen molar-refractivity contribution in [3.63, 3.8) is 0 Å². The number of nitrogens with one attached hydrogen (secondary N) is 1. The van der Waals surface area contributed by atoms with E-state index in [1.807, 2.05) is 43.1 Å². The lowest BCUT2D eigenvalue weighted by molar-refractivity contribution is -0.141.